The molecule has 0 saturated carbocycles. The van der Waals surface area contributed by atoms with Crippen molar-refractivity contribution in [1.82, 2.24) is 19.7 Å². The second-order valence-corrected chi connectivity index (χ2v) is 8.40. The molecule has 3 aromatic heterocycles. The highest BCUT2D eigenvalue weighted by molar-refractivity contribution is 7.19. The fourth-order valence-electron chi connectivity index (χ4n) is 3.89. The molecule has 1 N–H and O–H groups in total. The zero-order valence-corrected chi connectivity index (χ0v) is 19.0. The standard InChI is InChI=1S/C23H18FN5O4S/c1-32-21(30)12-5-8-17(15(24)10-12)29-19-14(18(28-29)13-4-3-9-25-11-13)6-7-16-20(19)34-22(26-16)27-23(31)33-2/h3-5,8-11H,6-7H2,1-2H3,(H,26,27,31). The molecule has 34 heavy (non-hydrogen) atoms. The summed E-state index contributed by atoms with van der Waals surface area (Å²) < 4.78 is 26.1. The SMILES string of the molecule is COC(=O)Nc1nc2c(s1)-c1c(c(-c3cccnc3)nn1-c1ccc(C(=O)OC)cc1F)CC2. The Balaban J connectivity index is 1.70. The van der Waals surface area contributed by atoms with E-state index in [9.17, 15) is 9.59 Å². The molecule has 172 valence electrons. The second-order valence-electron chi connectivity index (χ2n) is 7.40. The van der Waals surface area contributed by atoms with Gasteiger partial charge < -0.3 is 9.47 Å². The number of nitrogens with one attached hydrogen (secondary N) is 1. The fraction of sp³-hybridized carbons (Fsp3) is 0.174. The third kappa shape index (κ3) is 3.69. The van der Waals surface area contributed by atoms with Crippen LogP contribution in [0, 0.1) is 5.82 Å². The summed E-state index contributed by atoms with van der Waals surface area (Å²) in [4.78, 5) is 33.0. The van der Waals surface area contributed by atoms with E-state index in [-0.39, 0.29) is 11.3 Å². The number of carbonyl (C=O) groups excluding carboxylic acids is 2. The molecular formula is C23H18FN5O4S. The molecule has 0 saturated heterocycles. The van der Waals surface area contributed by atoms with Gasteiger partial charge in [0.15, 0.2) is 5.13 Å². The molecule has 1 aliphatic rings. The monoisotopic (exact) mass is 479 g/mol. The molecule has 9 nitrogen and oxygen atoms in total. The molecule has 0 spiro atoms. The van der Waals surface area contributed by atoms with Crippen LogP contribution in [0.3, 0.4) is 0 Å². The van der Waals surface area contributed by atoms with Crippen LogP contribution < -0.4 is 5.32 Å². The van der Waals surface area contributed by atoms with E-state index in [0.29, 0.717) is 29.4 Å². The third-order valence-corrected chi connectivity index (χ3v) is 6.45. The zero-order chi connectivity index (χ0) is 23.8. The van der Waals surface area contributed by atoms with Crippen molar-refractivity contribution in [3.8, 4) is 27.5 Å². The van der Waals surface area contributed by atoms with E-state index in [4.69, 9.17) is 9.84 Å². The number of thiazole rings is 1. The molecule has 11 heteroatoms. The maximum atomic E-state index is 15.2. The zero-order valence-electron chi connectivity index (χ0n) is 18.2. The average molecular weight is 479 g/mol. The Morgan fingerprint density at radius 3 is 2.74 bits per heavy atom. The fourth-order valence-corrected chi connectivity index (χ4v) is 4.95. The lowest BCUT2D eigenvalue weighted by atomic mass is 9.95. The number of halogens is 1. The van der Waals surface area contributed by atoms with Gasteiger partial charge in [-0.25, -0.2) is 23.6 Å². The Morgan fingerprint density at radius 1 is 1.18 bits per heavy atom. The van der Waals surface area contributed by atoms with Crippen molar-refractivity contribution in [3.05, 3.63) is 65.4 Å². The molecule has 1 amide bonds. The second kappa shape index (κ2) is 8.67. The summed E-state index contributed by atoms with van der Waals surface area (Å²) in [5.41, 5.74) is 4.12. The van der Waals surface area contributed by atoms with Gasteiger partial charge in [-0.15, -0.1) is 0 Å². The highest BCUT2D eigenvalue weighted by Gasteiger charge is 2.31. The number of amides is 1. The third-order valence-electron chi connectivity index (χ3n) is 5.43. The Bertz CT molecular complexity index is 1420. The lowest BCUT2D eigenvalue weighted by molar-refractivity contribution is 0.0600. The number of aryl methyl sites for hydroxylation is 1. The summed E-state index contributed by atoms with van der Waals surface area (Å²) in [6.07, 6.45) is 4.00. The predicted molar refractivity (Wildman–Crippen MR) is 123 cm³/mol. The van der Waals surface area contributed by atoms with Gasteiger partial charge in [-0.2, -0.15) is 5.10 Å². The molecule has 0 radical (unpaired) electrons. The predicted octanol–water partition coefficient (Wildman–Crippen LogP) is 4.26. The minimum atomic E-state index is -0.632. The van der Waals surface area contributed by atoms with Crippen molar-refractivity contribution in [2.45, 2.75) is 12.8 Å². The van der Waals surface area contributed by atoms with Crippen molar-refractivity contribution < 1.29 is 23.5 Å². The van der Waals surface area contributed by atoms with Gasteiger partial charge in [0.2, 0.25) is 0 Å². The largest absolute Gasteiger partial charge is 0.465 e. The molecule has 4 aromatic rings. The van der Waals surface area contributed by atoms with Gasteiger partial charge in [0, 0.05) is 23.5 Å². The molecule has 0 atom stereocenters. The molecule has 3 heterocycles. The highest BCUT2D eigenvalue weighted by Crippen LogP contribution is 2.44. The van der Waals surface area contributed by atoms with Crippen LogP contribution in [0.2, 0.25) is 0 Å². The van der Waals surface area contributed by atoms with E-state index >= 15 is 4.39 Å². The van der Waals surface area contributed by atoms with Gasteiger partial charge in [-0.3, -0.25) is 10.3 Å². The van der Waals surface area contributed by atoms with Crippen LogP contribution in [0.5, 0.6) is 0 Å². The summed E-state index contributed by atoms with van der Waals surface area (Å²) in [5, 5.41) is 7.73. The summed E-state index contributed by atoms with van der Waals surface area (Å²) in [5.74, 6) is -1.26. The maximum Gasteiger partial charge on any atom is 0.413 e. The number of anilines is 1. The van der Waals surface area contributed by atoms with Crippen molar-refractivity contribution in [1.29, 1.82) is 0 Å². The molecule has 1 aliphatic carbocycles. The Morgan fingerprint density at radius 2 is 2.03 bits per heavy atom. The molecule has 0 bridgehead atoms. The Hall–Kier alpha value is -4.12. The quantitative estimate of drug-likeness (QED) is 0.436. The molecule has 0 aliphatic heterocycles. The molecule has 0 unspecified atom stereocenters. The first-order chi connectivity index (χ1) is 16.5. The minimum absolute atomic E-state index is 0.0975. The number of nitrogens with zero attached hydrogens (tertiary/aromatic N) is 4. The first-order valence-electron chi connectivity index (χ1n) is 10.3. The maximum absolute atomic E-state index is 15.2. The first kappa shape index (κ1) is 21.7. The summed E-state index contributed by atoms with van der Waals surface area (Å²) in [6.45, 7) is 0. The van der Waals surface area contributed by atoms with Crippen LogP contribution in [0.25, 0.3) is 27.5 Å². The van der Waals surface area contributed by atoms with E-state index in [1.165, 1.54) is 42.4 Å². The average Bonchev–Trinajstić information content (AvgIpc) is 3.44. The normalized spacial score (nSPS) is 12.0. The van der Waals surface area contributed by atoms with Crippen LogP contribution in [0.4, 0.5) is 14.3 Å². The minimum Gasteiger partial charge on any atom is -0.465 e. The van der Waals surface area contributed by atoms with Crippen LogP contribution in [-0.4, -0.2) is 46.0 Å². The summed E-state index contributed by atoms with van der Waals surface area (Å²) in [6, 6.07) is 7.81. The van der Waals surface area contributed by atoms with Crippen molar-refractivity contribution in [2.24, 2.45) is 0 Å². The number of ether oxygens (including phenoxy) is 2. The van der Waals surface area contributed by atoms with Gasteiger partial charge in [-0.05, 0) is 43.2 Å². The van der Waals surface area contributed by atoms with E-state index in [1.54, 1.807) is 12.4 Å². The van der Waals surface area contributed by atoms with Gasteiger partial charge in [0.25, 0.3) is 0 Å². The van der Waals surface area contributed by atoms with Crippen molar-refractivity contribution in [2.75, 3.05) is 19.5 Å². The van der Waals surface area contributed by atoms with E-state index in [1.807, 2.05) is 12.1 Å². The first-order valence-corrected chi connectivity index (χ1v) is 11.1. The van der Waals surface area contributed by atoms with E-state index < -0.39 is 17.9 Å². The topological polar surface area (TPSA) is 108 Å². The smallest absolute Gasteiger partial charge is 0.413 e. The summed E-state index contributed by atoms with van der Waals surface area (Å²) >= 11 is 1.26. The number of methoxy groups -OCH3 is 2. The number of aromatic nitrogens is 4. The molecule has 1 aromatic carbocycles. The van der Waals surface area contributed by atoms with E-state index in [0.717, 1.165) is 27.8 Å². The van der Waals surface area contributed by atoms with Gasteiger partial charge in [0.1, 0.15) is 11.5 Å². The van der Waals surface area contributed by atoms with E-state index in [2.05, 4.69) is 20.0 Å². The van der Waals surface area contributed by atoms with Gasteiger partial charge >= 0.3 is 12.1 Å². The highest BCUT2D eigenvalue weighted by atomic mass is 32.1. The molecule has 5 rings (SSSR count). The summed E-state index contributed by atoms with van der Waals surface area (Å²) in [7, 11) is 2.51. The Labute approximate surface area is 197 Å². The Kier molecular flexibility index (Phi) is 5.54. The number of rotatable bonds is 4. The number of hydrogen-bond acceptors (Lipinski definition) is 8. The number of esters is 1. The van der Waals surface area contributed by atoms with Crippen LogP contribution in [0.15, 0.2) is 42.7 Å². The number of carbonyl (C=O) groups is 2. The van der Waals surface area contributed by atoms with Crippen LogP contribution >= 0.6 is 11.3 Å². The number of hydrogen-bond donors (Lipinski definition) is 1. The lowest BCUT2D eigenvalue weighted by Crippen LogP contribution is -2.10. The van der Waals surface area contributed by atoms with Crippen LogP contribution in [0.1, 0.15) is 21.6 Å². The number of pyridine rings is 1. The number of fused-ring (bicyclic) bond motifs is 3. The van der Waals surface area contributed by atoms with Crippen molar-refractivity contribution >= 4 is 28.5 Å². The molecule has 0 fully saturated rings. The number of benzene rings is 1. The van der Waals surface area contributed by atoms with Gasteiger partial charge in [0.05, 0.1) is 41.7 Å². The van der Waals surface area contributed by atoms with Crippen molar-refractivity contribution in [3.63, 3.8) is 0 Å². The van der Waals surface area contributed by atoms with Crippen LogP contribution in [-0.2, 0) is 22.3 Å². The molecular weight excluding hydrogens is 461 g/mol. The van der Waals surface area contributed by atoms with Gasteiger partial charge in [-0.1, -0.05) is 11.3 Å². The lowest BCUT2D eigenvalue weighted by Gasteiger charge is -2.14.